The molecule has 0 saturated heterocycles. The van der Waals surface area contributed by atoms with Crippen molar-refractivity contribution in [1.29, 1.82) is 0 Å². The molecule has 0 aromatic rings. The number of carbonyl (C=O) groups excluding carboxylic acids is 1. The smallest absolute Gasteiger partial charge is 0.221 e. The molecule has 1 fully saturated rings. The van der Waals surface area contributed by atoms with Gasteiger partial charge in [0.1, 0.15) is 0 Å². The van der Waals surface area contributed by atoms with E-state index in [1.165, 1.54) is 0 Å². The van der Waals surface area contributed by atoms with Crippen LogP contribution in [0.5, 0.6) is 0 Å². The normalized spacial score (nSPS) is 32.0. The van der Waals surface area contributed by atoms with Crippen molar-refractivity contribution in [2.45, 2.75) is 20.3 Å². The van der Waals surface area contributed by atoms with Crippen LogP contribution in [0.1, 0.15) is 20.3 Å². The Bertz CT molecular complexity index is 128. The average Bonchev–Trinajstić information content (AvgIpc) is 2.13. The lowest BCUT2D eigenvalue weighted by Crippen LogP contribution is -2.15. The molecule has 1 atom stereocenters. The van der Waals surface area contributed by atoms with Gasteiger partial charge >= 0.3 is 0 Å². The summed E-state index contributed by atoms with van der Waals surface area (Å²) >= 11 is 0. The van der Waals surface area contributed by atoms with Crippen molar-refractivity contribution >= 4 is 5.91 Å². The Morgan fingerprint density at radius 2 is 2.12 bits per heavy atom. The number of nitrogens with two attached hydrogens (primary N) is 1. The van der Waals surface area contributed by atoms with E-state index in [0.717, 1.165) is 6.42 Å². The fourth-order valence-corrected chi connectivity index (χ4v) is 0.953. The van der Waals surface area contributed by atoms with E-state index in [0.29, 0.717) is 0 Å². The average molecular weight is 113 g/mol. The Labute approximate surface area is 49.1 Å². The molecule has 2 heteroatoms. The number of rotatable bonds is 1. The summed E-state index contributed by atoms with van der Waals surface area (Å²) in [7, 11) is 0. The van der Waals surface area contributed by atoms with Gasteiger partial charge in [0.05, 0.1) is 0 Å². The molecule has 46 valence electrons. The summed E-state index contributed by atoms with van der Waals surface area (Å²) in [5, 5.41) is 0. The van der Waals surface area contributed by atoms with Gasteiger partial charge in [-0.15, -0.1) is 0 Å². The van der Waals surface area contributed by atoms with E-state index in [2.05, 4.69) is 13.8 Å². The molecule has 0 heterocycles. The van der Waals surface area contributed by atoms with Gasteiger partial charge in [-0.25, -0.2) is 0 Å². The minimum Gasteiger partial charge on any atom is -0.369 e. The van der Waals surface area contributed by atoms with Crippen molar-refractivity contribution in [2.24, 2.45) is 17.1 Å². The van der Waals surface area contributed by atoms with E-state index in [4.69, 9.17) is 5.73 Å². The summed E-state index contributed by atoms with van der Waals surface area (Å²) in [6, 6.07) is 0. The van der Waals surface area contributed by atoms with Crippen LogP contribution >= 0.6 is 0 Å². The van der Waals surface area contributed by atoms with Crippen molar-refractivity contribution in [3.05, 3.63) is 0 Å². The molecule has 2 nitrogen and oxygen atoms in total. The SMILES string of the molecule is CC1(C)C[C@@H]1C(N)=O. The van der Waals surface area contributed by atoms with Crippen molar-refractivity contribution in [3.63, 3.8) is 0 Å². The van der Waals surface area contributed by atoms with Crippen LogP contribution in [-0.2, 0) is 4.79 Å². The Hall–Kier alpha value is -0.530. The first kappa shape index (κ1) is 5.60. The fraction of sp³-hybridized carbons (Fsp3) is 0.833. The Morgan fingerprint density at radius 3 is 2.12 bits per heavy atom. The molecule has 0 bridgehead atoms. The van der Waals surface area contributed by atoms with Crippen molar-refractivity contribution in [1.82, 2.24) is 0 Å². The molecule has 1 amide bonds. The van der Waals surface area contributed by atoms with Crippen LogP contribution in [0.25, 0.3) is 0 Å². The maximum Gasteiger partial charge on any atom is 0.221 e. The lowest BCUT2D eigenvalue weighted by atomic mass is 10.1. The molecule has 1 aliphatic rings. The highest BCUT2D eigenvalue weighted by molar-refractivity contribution is 5.80. The van der Waals surface area contributed by atoms with Crippen LogP contribution in [-0.4, -0.2) is 5.91 Å². The van der Waals surface area contributed by atoms with Gasteiger partial charge in [0.2, 0.25) is 5.91 Å². The van der Waals surface area contributed by atoms with Gasteiger partial charge in [-0.05, 0) is 11.8 Å². The second-order valence-corrected chi connectivity index (χ2v) is 3.15. The molecule has 8 heavy (non-hydrogen) atoms. The van der Waals surface area contributed by atoms with E-state index in [-0.39, 0.29) is 17.2 Å². The Morgan fingerprint density at radius 1 is 1.75 bits per heavy atom. The van der Waals surface area contributed by atoms with Gasteiger partial charge in [0.15, 0.2) is 0 Å². The van der Waals surface area contributed by atoms with Gasteiger partial charge in [-0.2, -0.15) is 0 Å². The van der Waals surface area contributed by atoms with Gasteiger partial charge in [0.25, 0.3) is 0 Å². The van der Waals surface area contributed by atoms with E-state index in [1.54, 1.807) is 0 Å². The van der Waals surface area contributed by atoms with Gasteiger partial charge in [-0.1, -0.05) is 13.8 Å². The molecule has 0 radical (unpaired) electrons. The van der Waals surface area contributed by atoms with Crippen LogP contribution in [0.15, 0.2) is 0 Å². The standard InChI is InChI=1S/C6H11NO/c1-6(2)3-4(6)5(7)8/h4H,3H2,1-2H3,(H2,7,8)/t4-/m1/s1. The molecular formula is C6H11NO. The molecule has 1 saturated carbocycles. The third-order valence-corrected chi connectivity index (χ3v) is 1.86. The largest absolute Gasteiger partial charge is 0.369 e. The van der Waals surface area contributed by atoms with Crippen molar-refractivity contribution in [2.75, 3.05) is 0 Å². The van der Waals surface area contributed by atoms with Gasteiger partial charge in [0, 0.05) is 5.92 Å². The number of hydrogen-bond acceptors (Lipinski definition) is 1. The Balaban J connectivity index is 2.48. The molecule has 0 unspecified atom stereocenters. The first-order chi connectivity index (χ1) is 3.54. The monoisotopic (exact) mass is 113 g/mol. The minimum absolute atomic E-state index is 0.144. The second kappa shape index (κ2) is 1.24. The zero-order valence-corrected chi connectivity index (χ0v) is 5.27. The summed E-state index contributed by atoms with van der Waals surface area (Å²) < 4.78 is 0. The van der Waals surface area contributed by atoms with E-state index < -0.39 is 0 Å². The lowest BCUT2D eigenvalue weighted by molar-refractivity contribution is -0.119. The maximum atomic E-state index is 10.4. The minimum atomic E-state index is -0.144. The Kier molecular flexibility index (Phi) is 0.872. The second-order valence-electron chi connectivity index (χ2n) is 3.15. The van der Waals surface area contributed by atoms with E-state index in [9.17, 15) is 4.79 Å². The highest BCUT2D eigenvalue weighted by Gasteiger charge is 2.49. The topological polar surface area (TPSA) is 43.1 Å². The lowest BCUT2D eigenvalue weighted by Gasteiger charge is -1.95. The molecule has 2 N–H and O–H groups in total. The number of amides is 1. The predicted octanol–water partition coefficient (Wildman–Crippen LogP) is 0.518. The zero-order valence-electron chi connectivity index (χ0n) is 5.27. The molecular weight excluding hydrogens is 102 g/mol. The molecule has 1 rings (SSSR count). The van der Waals surface area contributed by atoms with Gasteiger partial charge < -0.3 is 5.73 Å². The van der Waals surface area contributed by atoms with Crippen LogP contribution < -0.4 is 5.73 Å². The quantitative estimate of drug-likeness (QED) is 0.529. The fourth-order valence-electron chi connectivity index (χ4n) is 0.953. The van der Waals surface area contributed by atoms with Crippen molar-refractivity contribution < 1.29 is 4.79 Å². The summed E-state index contributed by atoms with van der Waals surface area (Å²) in [4.78, 5) is 10.4. The highest BCUT2D eigenvalue weighted by atomic mass is 16.1. The third kappa shape index (κ3) is 0.703. The summed E-state index contributed by atoms with van der Waals surface area (Å²) in [5.74, 6) is 0.0116. The van der Waals surface area contributed by atoms with Crippen LogP contribution in [0.4, 0.5) is 0 Å². The predicted molar refractivity (Wildman–Crippen MR) is 31.1 cm³/mol. The van der Waals surface area contributed by atoms with Crippen LogP contribution in [0.2, 0.25) is 0 Å². The summed E-state index contributed by atoms with van der Waals surface area (Å²) in [6.45, 7) is 4.12. The van der Waals surface area contributed by atoms with E-state index >= 15 is 0 Å². The zero-order chi connectivity index (χ0) is 6.36. The summed E-state index contributed by atoms with van der Waals surface area (Å²) in [6.07, 6.45) is 0.975. The van der Waals surface area contributed by atoms with Crippen molar-refractivity contribution in [3.8, 4) is 0 Å². The number of hydrogen-bond donors (Lipinski definition) is 1. The molecule has 1 aliphatic carbocycles. The highest BCUT2D eigenvalue weighted by Crippen LogP contribution is 2.51. The van der Waals surface area contributed by atoms with Crippen LogP contribution in [0, 0.1) is 11.3 Å². The molecule has 0 aliphatic heterocycles. The number of carbonyl (C=O) groups is 1. The first-order valence-corrected chi connectivity index (χ1v) is 2.83. The molecule has 0 aromatic carbocycles. The first-order valence-electron chi connectivity index (χ1n) is 2.83. The third-order valence-electron chi connectivity index (χ3n) is 1.86. The number of primary amides is 1. The van der Waals surface area contributed by atoms with E-state index in [1.807, 2.05) is 0 Å². The molecule has 0 spiro atoms. The van der Waals surface area contributed by atoms with Gasteiger partial charge in [-0.3, -0.25) is 4.79 Å². The summed E-state index contributed by atoms with van der Waals surface area (Å²) in [5.41, 5.74) is 5.25. The maximum absolute atomic E-state index is 10.4. The molecule has 0 aromatic heterocycles. The van der Waals surface area contributed by atoms with Crippen LogP contribution in [0.3, 0.4) is 0 Å².